The van der Waals surface area contributed by atoms with Crippen LogP contribution in [0.3, 0.4) is 0 Å². The number of benzene rings is 2. The van der Waals surface area contributed by atoms with Crippen LogP contribution >= 0.6 is 0 Å². The molecule has 0 aliphatic rings. The van der Waals surface area contributed by atoms with Crippen LogP contribution < -0.4 is 5.43 Å². The summed E-state index contributed by atoms with van der Waals surface area (Å²) in [5.41, 5.74) is 2.29. The number of fused-ring (bicyclic) bond motifs is 2. The van der Waals surface area contributed by atoms with Gasteiger partial charge in [-0.3, -0.25) is 4.79 Å². The van der Waals surface area contributed by atoms with Crippen molar-refractivity contribution in [2.45, 2.75) is 77.7 Å². The summed E-state index contributed by atoms with van der Waals surface area (Å²) in [5.74, 6) is 0. The second-order valence-electron chi connectivity index (χ2n) is 7.70. The smallest absolute Gasteiger partial charge is 0.197 e. The first kappa shape index (κ1) is 19.7. The van der Waals surface area contributed by atoms with Crippen molar-refractivity contribution in [3.05, 3.63) is 58.8 Å². The Morgan fingerprint density at radius 2 is 1.07 bits per heavy atom. The molecule has 0 N–H and O–H groups in total. The van der Waals surface area contributed by atoms with E-state index >= 15 is 0 Å². The molecule has 0 saturated carbocycles. The van der Waals surface area contributed by atoms with Crippen LogP contribution in [0.15, 0.2) is 53.3 Å². The van der Waals surface area contributed by atoms with Gasteiger partial charge in [0.05, 0.1) is 11.0 Å². The average molecular weight is 364 g/mol. The maximum atomic E-state index is 12.8. The number of rotatable bonds is 11. The van der Waals surface area contributed by atoms with Crippen molar-refractivity contribution >= 4 is 21.8 Å². The molecule has 2 nitrogen and oxygen atoms in total. The van der Waals surface area contributed by atoms with E-state index in [1.54, 1.807) is 0 Å². The van der Waals surface area contributed by atoms with Gasteiger partial charge in [-0.2, -0.15) is 0 Å². The van der Waals surface area contributed by atoms with Gasteiger partial charge in [0.2, 0.25) is 0 Å². The second kappa shape index (κ2) is 10.3. The van der Waals surface area contributed by atoms with Crippen LogP contribution in [0.4, 0.5) is 0 Å². The van der Waals surface area contributed by atoms with Gasteiger partial charge in [0.1, 0.15) is 0 Å². The number of pyridine rings is 1. The van der Waals surface area contributed by atoms with Crippen LogP contribution in [0, 0.1) is 0 Å². The van der Waals surface area contributed by atoms with Crippen molar-refractivity contribution in [2.75, 3.05) is 0 Å². The molecule has 1 heterocycles. The van der Waals surface area contributed by atoms with Gasteiger partial charge in [-0.15, -0.1) is 0 Å². The molecule has 0 aliphatic heterocycles. The summed E-state index contributed by atoms with van der Waals surface area (Å²) in [6.07, 6.45) is 13.4. The third-order valence-corrected chi connectivity index (χ3v) is 5.61. The molecule has 0 saturated heterocycles. The Bertz CT molecular complexity index is 849. The largest absolute Gasteiger partial charge is 0.340 e. The van der Waals surface area contributed by atoms with Crippen LogP contribution in [-0.2, 0) is 6.54 Å². The molecule has 3 aromatic rings. The zero-order valence-electron chi connectivity index (χ0n) is 16.8. The SMILES string of the molecule is CCCCCCCCCCCCn1c2ccccc2c(=O)c2ccccc21. The highest BCUT2D eigenvalue weighted by atomic mass is 16.1. The lowest BCUT2D eigenvalue weighted by Gasteiger charge is -2.15. The van der Waals surface area contributed by atoms with Crippen LogP contribution in [0.2, 0.25) is 0 Å². The molecule has 3 rings (SSSR count). The molecule has 0 radical (unpaired) electrons. The first-order valence-corrected chi connectivity index (χ1v) is 10.8. The van der Waals surface area contributed by atoms with Gasteiger partial charge in [0, 0.05) is 17.3 Å². The van der Waals surface area contributed by atoms with E-state index in [-0.39, 0.29) is 5.43 Å². The molecule has 0 atom stereocenters. The lowest BCUT2D eigenvalue weighted by atomic mass is 10.1. The van der Waals surface area contributed by atoms with Crippen LogP contribution in [0.25, 0.3) is 21.8 Å². The third-order valence-electron chi connectivity index (χ3n) is 5.61. The maximum absolute atomic E-state index is 12.8. The highest BCUT2D eigenvalue weighted by molar-refractivity contribution is 5.93. The molecule has 27 heavy (non-hydrogen) atoms. The molecule has 144 valence electrons. The van der Waals surface area contributed by atoms with Crippen LogP contribution in [-0.4, -0.2) is 4.57 Å². The molecule has 2 heteroatoms. The van der Waals surface area contributed by atoms with E-state index < -0.39 is 0 Å². The molecule has 2 aromatic carbocycles. The fourth-order valence-electron chi connectivity index (χ4n) is 4.08. The molecular weight excluding hydrogens is 330 g/mol. The molecule has 0 fully saturated rings. The number of para-hydroxylation sites is 2. The lowest BCUT2D eigenvalue weighted by Crippen LogP contribution is -2.11. The standard InChI is InChI=1S/C25H33NO/c1-2-3-4-5-6-7-8-9-10-15-20-26-23-18-13-11-16-21(23)25(27)22-17-12-14-19-24(22)26/h11-14,16-19H,2-10,15,20H2,1H3. The summed E-state index contributed by atoms with van der Waals surface area (Å²) in [6.45, 7) is 3.26. The molecule has 1 aromatic heterocycles. The lowest BCUT2D eigenvalue weighted by molar-refractivity contribution is 0.541. The van der Waals surface area contributed by atoms with E-state index in [0.29, 0.717) is 0 Å². The molecule has 0 unspecified atom stereocenters. The number of hydrogen-bond acceptors (Lipinski definition) is 1. The summed E-state index contributed by atoms with van der Waals surface area (Å²) < 4.78 is 2.34. The minimum absolute atomic E-state index is 0.153. The van der Waals surface area contributed by atoms with Crippen molar-refractivity contribution in [2.24, 2.45) is 0 Å². The number of unbranched alkanes of at least 4 members (excludes halogenated alkanes) is 9. The van der Waals surface area contributed by atoms with E-state index in [1.807, 2.05) is 36.4 Å². The Morgan fingerprint density at radius 1 is 0.630 bits per heavy atom. The first-order valence-electron chi connectivity index (χ1n) is 10.8. The fourth-order valence-corrected chi connectivity index (χ4v) is 4.08. The van der Waals surface area contributed by atoms with Crippen LogP contribution in [0.1, 0.15) is 71.1 Å². The summed E-state index contributed by atoms with van der Waals surface area (Å²) in [6, 6.07) is 16.1. The fraction of sp³-hybridized carbons (Fsp3) is 0.480. The van der Waals surface area contributed by atoms with Gasteiger partial charge in [0.15, 0.2) is 5.43 Å². The van der Waals surface area contributed by atoms with Crippen molar-refractivity contribution in [3.63, 3.8) is 0 Å². The quantitative estimate of drug-likeness (QED) is 0.263. The van der Waals surface area contributed by atoms with Gasteiger partial charge in [-0.05, 0) is 30.7 Å². The average Bonchev–Trinajstić information content (AvgIpc) is 2.71. The van der Waals surface area contributed by atoms with Crippen molar-refractivity contribution < 1.29 is 0 Å². The number of aromatic nitrogens is 1. The van der Waals surface area contributed by atoms with Gasteiger partial charge < -0.3 is 4.57 Å². The van der Waals surface area contributed by atoms with Crippen molar-refractivity contribution in [1.29, 1.82) is 0 Å². The molecule has 0 amide bonds. The normalized spacial score (nSPS) is 11.4. The summed E-state index contributed by atoms with van der Waals surface area (Å²) in [4.78, 5) is 12.8. The minimum Gasteiger partial charge on any atom is -0.340 e. The highest BCUT2D eigenvalue weighted by Crippen LogP contribution is 2.20. The number of nitrogens with zero attached hydrogens (tertiary/aromatic N) is 1. The summed E-state index contributed by atoms with van der Waals surface area (Å²) in [5, 5.41) is 1.67. The van der Waals surface area contributed by atoms with Gasteiger partial charge in [0.25, 0.3) is 0 Å². The second-order valence-corrected chi connectivity index (χ2v) is 7.70. The van der Waals surface area contributed by atoms with E-state index in [9.17, 15) is 4.79 Å². The van der Waals surface area contributed by atoms with E-state index in [1.165, 1.54) is 64.2 Å². The van der Waals surface area contributed by atoms with Crippen LogP contribution in [0.5, 0.6) is 0 Å². The Hall–Kier alpha value is -2.09. The predicted octanol–water partition coefficient (Wildman–Crippen LogP) is 7.08. The monoisotopic (exact) mass is 363 g/mol. The molecule has 0 bridgehead atoms. The molecule has 0 spiro atoms. The van der Waals surface area contributed by atoms with Crippen molar-refractivity contribution in [1.82, 2.24) is 4.57 Å². The Kier molecular flexibility index (Phi) is 7.50. The minimum atomic E-state index is 0.153. The first-order chi connectivity index (χ1) is 13.3. The topological polar surface area (TPSA) is 22.0 Å². The van der Waals surface area contributed by atoms with Gasteiger partial charge >= 0.3 is 0 Å². The Labute approximate surface area is 163 Å². The van der Waals surface area contributed by atoms with Gasteiger partial charge in [-0.25, -0.2) is 0 Å². The molecular formula is C25H33NO. The van der Waals surface area contributed by atoms with E-state index in [4.69, 9.17) is 0 Å². The summed E-state index contributed by atoms with van der Waals surface area (Å²) >= 11 is 0. The molecule has 0 aliphatic carbocycles. The number of aryl methyl sites for hydroxylation is 1. The summed E-state index contributed by atoms with van der Waals surface area (Å²) in [7, 11) is 0. The van der Waals surface area contributed by atoms with Gasteiger partial charge in [-0.1, -0.05) is 89.0 Å². The van der Waals surface area contributed by atoms with E-state index in [2.05, 4.69) is 23.6 Å². The Balaban J connectivity index is 1.58. The maximum Gasteiger partial charge on any atom is 0.197 e. The predicted molar refractivity (Wildman–Crippen MR) is 118 cm³/mol. The zero-order chi connectivity index (χ0) is 18.9. The van der Waals surface area contributed by atoms with E-state index in [0.717, 1.165) is 28.4 Å². The number of hydrogen-bond donors (Lipinski definition) is 0. The van der Waals surface area contributed by atoms with Crippen molar-refractivity contribution in [3.8, 4) is 0 Å². The Morgan fingerprint density at radius 3 is 1.59 bits per heavy atom. The zero-order valence-corrected chi connectivity index (χ0v) is 16.8. The highest BCUT2D eigenvalue weighted by Gasteiger charge is 2.09. The third kappa shape index (κ3) is 5.00.